The molecule has 0 aromatic carbocycles. The van der Waals surface area contributed by atoms with Crippen LogP contribution in [0.3, 0.4) is 0 Å². The van der Waals surface area contributed by atoms with Gasteiger partial charge in [0.25, 0.3) is 0 Å². The Hall–Kier alpha value is -2.30. The van der Waals surface area contributed by atoms with E-state index >= 15 is 0 Å². The normalized spacial score (nSPS) is 11.7. The van der Waals surface area contributed by atoms with Gasteiger partial charge >= 0.3 is 0 Å². The lowest BCUT2D eigenvalue weighted by Gasteiger charge is -1.99. The number of hydrogen-bond donors (Lipinski definition) is 2. The monoisotopic (exact) mass is 217 g/mol. The second-order valence-electron chi connectivity index (χ2n) is 3.33. The van der Waals surface area contributed by atoms with Gasteiger partial charge in [-0.05, 0) is 31.2 Å². The van der Waals surface area contributed by atoms with Crippen molar-refractivity contribution in [2.24, 2.45) is 10.9 Å². The molecule has 0 bridgehead atoms. The van der Waals surface area contributed by atoms with Gasteiger partial charge in [0.15, 0.2) is 11.6 Å². The van der Waals surface area contributed by atoms with Gasteiger partial charge in [-0.3, -0.25) is 4.98 Å². The molecule has 0 saturated carbocycles. The van der Waals surface area contributed by atoms with Crippen molar-refractivity contribution in [3.05, 3.63) is 41.8 Å². The van der Waals surface area contributed by atoms with E-state index in [0.29, 0.717) is 17.0 Å². The van der Waals surface area contributed by atoms with E-state index in [1.165, 1.54) is 6.20 Å². The summed E-state index contributed by atoms with van der Waals surface area (Å²) < 4.78 is 5.42. The van der Waals surface area contributed by atoms with Crippen molar-refractivity contribution in [1.82, 2.24) is 4.98 Å². The molecule has 2 heterocycles. The highest BCUT2D eigenvalue weighted by Gasteiger charge is 2.05. The fraction of sp³-hybridized carbons (Fsp3) is 0.0909. The van der Waals surface area contributed by atoms with Crippen molar-refractivity contribution < 1.29 is 9.62 Å². The molecule has 82 valence electrons. The molecule has 5 heteroatoms. The quantitative estimate of drug-likeness (QED) is 0.347. The van der Waals surface area contributed by atoms with E-state index in [0.717, 1.165) is 5.76 Å². The van der Waals surface area contributed by atoms with E-state index in [-0.39, 0.29) is 5.84 Å². The van der Waals surface area contributed by atoms with Crippen LogP contribution in [-0.2, 0) is 0 Å². The zero-order chi connectivity index (χ0) is 11.5. The van der Waals surface area contributed by atoms with E-state index in [1.54, 1.807) is 12.1 Å². The van der Waals surface area contributed by atoms with Crippen LogP contribution in [0.4, 0.5) is 0 Å². The summed E-state index contributed by atoms with van der Waals surface area (Å²) >= 11 is 0. The van der Waals surface area contributed by atoms with Gasteiger partial charge in [0, 0.05) is 11.8 Å². The molecule has 0 unspecified atom stereocenters. The number of pyridine rings is 1. The van der Waals surface area contributed by atoms with Gasteiger partial charge in [-0.2, -0.15) is 0 Å². The summed E-state index contributed by atoms with van der Waals surface area (Å²) in [5.74, 6) is 1.57. The SMILES string of the molecule is Cc1ccc(-c2ccc(/C(N)=N/O)cn2)o1. The lowest BCUT2D eigenvalue weighted by molar-refractivity contribution is 0.318. The van der Waals surface area contributed by atoms with Crippen LogP contribution in [0.5, 0.6) is 0 Å². The Morgan fingerprint density at radius 2 is 2.19 bits per heavy atom. The molecule has 0 amide bonds. The minimum Gasteiger partial charge on any atom is -0.460 e. The molecule has 3 N–H and O–H groups in total. The predicted molar refractivity (Wildman–Crippen MR) is 59.2 cm³/mol. The first-order chi connectivity index (χ1) is 7.70. The van der Waals surface area contributed by atoms with Gasteiger partial charge < -0.3 is 15.4 Å². The number of hydrogen-bond acceptors (Lipinski definition) is 4. The van der Waals surface area contributed by atoms with Crippen molar-refractivity contribution in [3.8, 4) is 11.5 Å². The molecular formula is C11H11N3O2. The average molecular weight is 217 g/mol. The lowest BCUT2D eigenvalue weighted by Crippen LogP contribution is -2.13. The van der Waals surface area contributed by atoms with E-state index < -0.39 is 0 Å². The standard InChI is InChI=1S/C11H11N3O2/c1-7-2-5-10(16-7)9-4-3-8(6-13-9)11(12)14-15/h2-6,15H,1H3,(H2,12,14). The first-order valence-corrected chi connectivity index (χ1v) is 4.71. The molecule has 0 radical (unpaired) electrons. The third-order valence-electron chi connectivity index (χ3n) is 2.16. The van der Waals surface area contributed by atoms with E-state index in [1.807, 2.05) is 19.1 Å². The molecule has 0 aliphatic heterocycles. The third kappa shape index (κ3) is 1.88. The first kappa shape index (κ1) is 10.2. The van der Waals surface area contributed by atoms with Crippen LogP contribution in [0.2, 0.25) is 0 Å². The van der Waals surface area contributed by atoms with E-state index in [9.17, 15) is 0 Å². The van der Waals surface area contributed by atoms with Crippen molar-refractivity contribution >= 4 is 5.84 Å². The maximum absolute atomic E-state index is 8.49. The molecule has 2 aromatic rings. The first-order valence-electron chi connectivity index (χ1n) is 4.71. The molecule has 0 spiro atoms. The maximum atomic E-state index is 8.49. The average Bonchev–Trinajstić information content (AvgIpc) is 2.75. The van der Waals surface area contributed by atoms with E-state index in [4.69, 9.17) is 15.4 Å². The summed E-state index contributed by atoms with van der Waals surface area (Å²) in [5, 5.41) is 11.4. The number of aromatic nitrogens is 1. The molecule has 2 aromatic heterocycles. The zero-order valence-electron chi connectivity index (χ0n) is 8.71. The number of rotatable bonds is 2. The smallest absolute Gasteiger partial charge is 0.171 e. The van der Waals surface area contributed by atoms with Crippen LogP contribution in [0.25, 0.3) is 11.5 Å². The molecule has 0 atom stereocenters. The number of nitrogens with zero attached hydrogens (tertiary/aromatic N) is 2. The molecule has 0 aliphatic carbocycles. The fourth-order valence-electron chi connectivity index (χ4n) is 1.32. The largest absolute Gasteiger partial charge is 0.460 e. The van der Waals surface area contributed by atoms with Crippen molar-refractivity contribution in [3.63, 3.8) is 0 Å². The predicted octanol–water partition coefficient (Wildman–Crippen LogP) is 1.74. The van der Waals surface area contributed by atoms with Gasteiger partial charge in [0.05, 0.1) is 0 Å². The zero-order valence-corrected chi connectivity index (χ0v) is 8.71. The number of furan rings is 1. The maximum Gasteiger partial charge on any atom is 0.171 e. The molecule has 16 heavy (non-hydrogen) atoms. The fourth-order valence-corrected chi connectivity index (χ4v) is 1.32. The Bertz CT molecular complexity index is 514. The Morgan fingerprint density at radius 1 is 1.38 bits per heavy atom. The molecule has 0 saturated heterocycles. The highest BCUT2D eigenvalue weighted by atomic mass is 16.4. The second-order valence-corrected chi connectivity index (χ2v) is 3.33. The second kappa shape index (κ2) is 4.06. The number of oxime groups is 1. The topological polar surface area (TPSA) is 84.6 Å². The molecule has 0 aliphatic rings. The summed E-state index contributed by atoms with van der Waals surface area (Å²) in [5.41, 5.74) is 6.70. The molecule has 2 rings (SSSR count). The third-order valence-corrected chi connectivity index (χ3v) is 2.16. The van der Waals surface area contributed by atoms with Crippen molar-refractivity contribution in [1.29, 1.82) is 0 Å². The molecular weight excluding hydrogens is 206 g/mol. The number of nitrogens with two attached hydrogens (primary N) is 1. The van der Waals surface area contributed by atoms with Gasteiger partial charge in [-0.25, -0.2) is 0 Å². The number of aryl methyl sites for hydroxylation is 1. The van der Waals surface area contributed by atoms with Gasteiger partial charge in [0.1, 0.15) is 11.5 Å². The van der Waals surface area contributed by atoms with Crippen molar-refractivity contribution in [2.75, 3.05) is 0 Å². The Kier molecular flexibility index (Phi) is 2.59. The van der Waals surface area contributed by atoms with Gasteiger partial charge in [0.2, 0.25) is 0 Å². The van der Waals surface area contributed by atoms with Crippen LogP contribution >= 0.6 is 0 Å². The Labute approximate surface area is 92.2 Å². The van der Waals surface area contributed by atoms with Crippen LogP contribution in [0.1, 0.15) is 11.3 Å². The van der Waals surface area contributed by atoms with Crippen LogP contribution in [-0.4, -0.2) is 16.0 Å². The molecule has 0 fully saturated rings. The Balaban J connectivity index is 2.33. The minimum absolute atomic E-state index is 0.0367. The Morgan fingerprint density at radius 3 is 2.69 bits per heavy atom. The summed E-state index contributed by atoms with van der Waals surface area (Å²) in [6.07, 6.45) is 1.53. The summed E-state index contributed by atoms with van der Waals surface area (Å²) in [4.78, 5) is 4.17. The highest BCUT2D eigenvalue weighted by molar-refractivity contribution is 5.96. The molecule has 5 nitrogen and oxygen atoms in total. The number of amidine groups is 1. The van der Waals surface area contributed by atoms with Gasteiger partial charge in [-0.1, -0.05) is 5.16 Å². The summed E-state index contributed by atoms with van der Waals surface area (Å²) in [6.45, 7) is 1.87. The lowest BCUT2D eigenvalue weighted by atomic mass is 10.2. The van der Waals surface area contributed by atoms with Crippen LogP contribution < -0.4 is 5.73 Å². The minimum atomic E-state index is 0.0367. The van der Waals surface area contributed by atoms with Crippen LogP contribution in [0, 0.1) is 6.92 Å². The van der Waals surface area contributed by atoms with Gasteiger partial charge in [-0.15, -0.1) is 0 Å². The van der Waals surface area contributed by atoms with Crippen molar-refractivity contribution in [2.45, 2.75) is 6.92 Å². The van der Waals surface area contributed by atoms with Crippen LogP contribution in [0.15, 0.2) is 40.0 Å². The summed E-state index contributed by atoms with van der Waals surface area (Å²) in [7, 11) is 0. The summed E-state index contributed by atoms with van der Waals surface area (Å²) in [6, 6.07) is 7.19. The van der Waals surface area contributed by atoms with E-state index in [2.05, 4.69) is 10.1 Å². The highest BCUT2D eigenvalue weighted by Crippen LogP contribution is 2.19.